The number of rotatable bonds is 10. The molecule has 0 aromatic heterocycles. The van der Waals surface area contributed by atoms with Crippen molar-refractivity contribution in [3.05, 3.63) is 58.1 Å². The second-order valence-electron chi connectivity index (χ2n) is 10.2. The molecule has 0 spiro atoms. The van der Waals surface area contributed by atoms with Gasteiger partial charge in [-0.15, -0.1) is 0 Å². The van der Waals surface area contributed by atoms with Crippen molar-refractivity contribution in [3.63, 3.8) is 0 Å². The van der Waals surface area contributed by atoms with Crippen molar-refractivity contribution < 1.29 is 31.5 Å². The average Bonchev–Trinajstić information content (AvgIpc) is 2.88. The largest absolute Gasteiger partial charge is 0.390 e. The van der Waals surface area contributed by atoms with Gasteiger partial charge in [0.1, 0.15) is 0 Å². The number of nitrogens with one attached hydrogen (secondary N) is 2. The Morgan fingerprint density at radius 1 is 1.05 bits per heavy atom. The van der Waals surface area contributed by atoms with Crippen molar-refractivity contribution in [1.82, 2.24) is 10.2 Å². The normalized spacial score (nSPS) is 15.3. The molecule has 0 unspecified atom stereocenters. The lowest BCUT2D eigenvalue weighted by Gasteiger charge is -2.37. The Hall–Kier alpha value is -2.96. The Morgan fingerprint density at radius 2 is 1.73 bits per heavy atom. The molecule has 2 aromatic rings. The number of hydrogen-bond acceptors (Lipinski definition) is 5. The fourth-order valence-electron chi connectivity index (χ4n) is 4.39. The molecule has 1 aliphatic heterocycles. The highest BCUT2D eigenvalue weighted by Gasteiger charge is 2.29. The number of amides is 2. The zero-order chi connectivity index (χ0) is 29.6. The predicted molar refractivity (Wildman–Crippen MR) is 144 cm³/mol. The van der Waals surface area contributed by atoms with Crippen molar-refractivity contribution in [2.75, 3.05) is 42.9 Å². The van der Waals surface area contributed by atoms with Crippen LogP contribution in [-0.4, -0.2) is 61.7 Å². The first-order valence-corrected chi connectivity index (χ1v) is 13.3. The molecule has 13 heteroatoms. The van der Waals surface area contributed by atoms with Crippen LogP contribution in [0, 0.1) is 17.6 Å². The molecule has 1 fully saturated rings. The van der Waals surface area contributed by atoms with E-state index >= 15 is 0 Å². The van der Waals surface area contributed by atoms with Crippen LogP contribution in [0.25, 0.3) is 0 Å². The first-order valence-electron chi connectivity index (χ1n) is 12.9. The lowest BCUT2D eigenvalue weighted by Crippen LogP contribution is -2.47. The molecule has 1 heterocycles. The number of carbonyl (C=O) groups excluding carboxylic acids is 2. The third-order valence-electron chi connectivity index (χ3n) is 6.55. The van der Waals surface area contributed by atoms with E-state index < -0.39 is 47.7 Å². The van der Waals surface area contributed by atoms with Gasteiger partial charge in [-0.3, -0.25) is 14.5 Å². The highest BCUT2D eigenvalue weighted by atomic mass is 35.5. The molecule has 1 atom stereocenters. The molecule has 0 aliphatic carbocycles. The number of carbonyl (C=O) groups is 2. The Morgan fingerprint density at radius 3 is 2.35 bits per heavy atom. The Bertz CT molecular complexity index is 1200. The van der Waals surface area contributed by atoms with Gasteiger partial charge in [0.2, 0.25) is 5.91 Å². The number of hydrogen-bond donors (Lipinski definition) is 3. The van der Waals surface area contributed by atoms with Gasteiger partial charge in [0.05, 0.1) is 29.4 Å². The summed E-state index contributed by atoms with van der Waals surface area (Å²) in [7, 11) is 0. The lowest BCUT2D eigenvalue weighted by atomic mass is 10.0. The van der Waals surface area contributed by atoms with E-state index in [1.54, 1.807) is 11.0 Å². The monoisotopic (exact) mass is 589 g/mol. The third kappa shape index (κ3) is 8.77. The molecular formula is C27H33ClF5N5O2. The van der Waals surface area contributed by atoms with E-state index in [4.69, 9.17) is 17.3 Å². The zero-order valence-electron chi connectivity index (χ0n) is 22.3. The van der Waals surface area contributed by atoms with Gasteiger partial charge in [0.25, 0.3) is 5.91 Å². The van der Waals surface area contributed by atoms with E-state index in [0.717, 1.165) is 6.07 Å². The number of nitrogens with two attached hydrogens (primary N) is 1. The molecular weight excluding hydrogens is 557 g/mol. The van der Waals surface area contributed by atoms with Crippen LogP contribution < -0.4 is 21.3 Å². The molecule has 220 valence electrons. The predicted octanol–water partition coefficient (Wildman–Crippen LogP) is 4.93. The van der Waals surface area contributed by atoms with E-state index in [-0.39, 0.29) is 30.3 Å². The SMILES string of the molecule is CC(C)C[C@H](N)C(=O)NCc1ccc(C(=O)Nc2ccc(Cl)cc2N2CCN(CCC(F)(F)F)CC2)c(F)c1F. The molecule has 1 saturated heterocycles. The van der Waals surface area contributed by atoms with Gasteiger partial charge in [-0.1, -0.05) is 31.5 Å². The van der Waals surface area contributed by atoms with Crippen LogP contribution >= 0.6 is 11.6 Å². The van der Waals surface area contributed by atoms with Gasteiger partial charge in [-0.2, -0.15) is 13.2 Å². The van der Waals surface area contributed by atoms with Crippen LogP contribution in [0.4, 0.5) is 33.3 Å². The van der Waals surface area contributed by atoms with E-state index in [9.17, 15) is 31.5 Å². The highest BCUT2D eigenvalue weighted by Crippen LogP contribution is 2.31. The maximum Gasteiger partial charge on any atom is 0.390 e. The summed E-state index contributed by atoms with van der Waals surface area (Å²) < 4.78 is 67.4. The summed E-state index contributed by atoms with van der Waals surface area (Å²) in [4.78, 5) is 28.6. The minimum absolute atomic E-state index is 0.105. The minimum atomic E-state index is -4.23. The summed E-state index contributed by atoms with van der Waals surface area (Å²) in [6.07, 6.45) is -4.70. The molecule has 0 bridgehead atoms. The third-order valence-corrected chi connectivity index (χ3v) is 6.79. The number of alkyl halides is 3. The highest BCUT2D eigenvalue weighted by molar-refractivity contribution is 6.31. The first-order chi connectivity index (χ1) is 18.7. The second kappa shape index (κ2) is 13.6. The number of anilines is 2. The van der Waals surface area contributed by atoms with Gasteiger partial charge in [0, 0.05) is 49.9 Å². The minimum Gasteiger partial charge on any atom is -0.367 e. The summed E-state index contributed by atoms with van der Waals surface area (Å²) in [5.74, 6) is -3.85. The molecule has 4 N–H and O–H groups in total. The van der Waals surface area contributed by atoms with Gasteiger partial charge >= 0.3 is 6.18 Å². The topological polar surface area (TPSA) is 90.7 Å². The zero-order valence-corrected chi connectivity index (χ0v) is 23.0. The lowest BCUT2D eigenvalue weighted by molar-refractivity contribution is -0.138. The fourth-order valence-corrected chi connectivity index (χ4v) is 4.56. The van der Waals surface area contributed by atoms with Crippen molar-refractivity contribution >= 4 is 34.8 Å². The van der Waals surface area contributed by atoms with Crippen LogP contribution in [0.3, 0.4) is 0 Å². The molecule has 0 saturated carbocycles. The second-order valence-corrected chi connectivity index (χ2v) is 10.6. The van der Waals surface area contributed by atoms with Crippen molar-refractivity contribution in [2.24, 2.45) is 11.7 Å². The van der Waals surface area contributed by atoms with Gasteiger partial charge in [-0.25, -0.2) is 8.78 Å². The number of nitrogens with zero attached hydrogens (tertiary/aromatic N) is 2. The summed E-state index contributed by atoms with van der Waals surface area (Å²) in [6, 6.07) is 6.18. The maximum atomic E-state index is 14.9. The van der Waals surface area contributed by atoms with Crippen molar-refractivity contribution in [2.45, 2.75) is 45.5 Å². The van der Waals surface area contributed by atoms with Gasteiger partial charge < -0.3 is 21.3 Å². The standard InChI is InChI=1S/C27H33ClF5N5O2/c1-16(2)13-20(34)26(40)35-15-17-3-5-19(24(30)23(17)29)25(39)36-21-6-4-18(28)14-22(21)38-11-9-37(10-12-38)8-7-27(31,32)33/h3-6,14,16,20H,7-13,15,34H2,1-2H3,(H,35,40)(H,36,39)/t20-/m0/s1. The Kier molecular flexibility index (Phi) is 10.7. The van der Waals surface area contributed by atoms with E-state index in [2.05, 4.69) is 10.6 Å². The molecule has 40 heavy (non-hydrogen) atoms. The van der Waals surface area contributed by atoms with Crippen LogP contribution in [0.2, 0.25) is 5.02 Å². The van der Waals surface area contributed by atoms with E-state index in [1.165, 1.54) is 18.2 Å². The fraction of sp³-hybridized carbons (Fsp3) is 0.481. The quantitative estimate of drug-likeness (QED) is 0.342. The summed E-state index contributed by atoms with van der Waals surface area (Å²) in [6.45, 7) is 4.91. The summed E-state index contributed by atoms with van der Waals surface area (Å²) in [5.41, 5.74) is 5.92. The van der Waals surface area contributed by atoms with Gasteiger partial charge in [-0.05, 0) is 36.6 Å². The first kappa shape index (κ1) is 31.6. The molecule has 2 aromatic carbocycles. The van der Waals surface area contributed by atoms with Crippen molar-refractivity contribution in [3.8, 4) is 0 Å². The Labute approximate surface area is 234 Å². The summed E-state index contributed by atoms with van der Waals surface area (Å²) in [5, 5.41) is 5.43. The molecule has 3 rings (SSSR count). The number of piperazine rings is 1. The van der Waals surface area contributed by atoms with E-state index in [0.29, 0.717) is 43.3 Å². The van der Waals surface area contributed by atoms with Crippen LogP contribution in [0.15, 0.2) is 30.3 Å². The van der Waals surface area contributed by atoms with Crippen LogP contribution in [0.1, 0.15) is 42.6 Å². The number of benzene rings is 2. The Balaban J connectivity index is 1.68. The van der Waals surface area contributed by atoms with Gasteiger partial charge in [0.15, 0.2) is 11.6 Å². The summed E-state index contributed by atoms with van der Waals surface area (Å²) >= 11 is 6.16. The number of halogens is 6. The van der Waals surface area contributed by atoms with Crippen molar-refractivity contribution in [1.29, 1.82) is 0 Å². The van der Waals surface area contributed by atoms with Crippen LogP contribution in [0.5, 0.6) is 0 Å². The van der Waals surface area contributed by atoms with Crippen LogP contribution in [-0.2, 0) is 11.3 Å². The molecule has 7 nitrogen and oxygen atoms in total. The smallest absolute Gasteiger partial charge is 0.367 e. The maximum absolute atomic E-state index is 14.9. The molecule has 1 aliphatic rings. The molecule has 0 radical (unpaired) electrons. The van der Waals surface area contributed by atoms with E-state index in [1.807, 2.05) is 18.7 Å². The average molecular weight is 590 g/mol. The molecule has 2 amide bonds.